The van der Waals surface area contributed by atoms with Crippen LogP contribution in [-0.4, -0.2) is 18.6 Å². The van der Waals surface area contributed by atoms with Crippen LogP contribution >= 0.6 is 0 Å². The maximum atomic E-state index is 12.3. The first kappa shape index (κ1) is 15.9. The van der Waals surface area contributed by atoms with Crippen LogP contribution in [0.15, 0.2) is 24.3 Å². The largest absolute Gasteiger partial charge is 0.481 e. The average molecular weight is 289 g/mol. The molecule has 21 heavy (non-hydrogen) atoms. The van der Waals surface area contributed by atoms with Crippen LogP contribution in [0.4, 0.5) is 0 Å². The van der Waals surface area contributed by atoms with E-state index in [-0.39, 0.29) is 5.91 Å². The molecule has 3 heteroatoms. The minimum Gasteiger partial charge on any atom is -0.481 e. The summed E-state index contributed by atoms with van der Waals surface area (Å²) in [5.74, 6) is 1.44. The Bertz CT molecular complexity index is 452. The molecule has 1 fully saturated rings. The van der Waals surface area contributed by atoms with Crippen LogP contribution in [0.3, 0.4) is 0 Å². The smallest absolute Gasteiger partial charge is 0.261 e. The van der Waals surface area contributed by atoms with Crippen LogP contribution in [-0.2, 0) is 4.79 Å². The third-order valence-electron chi connectivity index (χ3n) is 4.22. The quantitative estimate of drug-likeness (QED) is 0.864. The molecule has 0 aromatic heterocycles. The standard InChI is InChI=1S/C18H27NO2/c1-3-17(21-16-11-7-8-14(2)12-16)18(20)19-13-15-9-5-4-6-10-15/h7-8,11-12,15,17H,3-6,9-10,13H2,1-2H3,(H,19,20)/t17-/m1/s1. The van der Waals surface area contributed by atoms with Gasteiger partial charge in [-0.15, -0.1) is 0 Å². The minimum atomic E-state index is -0.393. The first-order chi connectivity index (χ1) is 10.2. The highest BCUT2D eigenvalue weighted by atomic mass is 16.5. The maximum Gasteiger partial charge on any atom is 0.261 e. The lowest BCUT2D eigenvalue weighted by atomic mass is 9.89. The number of aryl methyl sites for hydroxylation is 1. The summed E-state index contributed by atoms with van der Waals surface area (Å²) in [7, 11) is 0. The summed E-state index contributed by atoms with van der Waals surface area (Å²) in [6.45, 7) is 4.81. The molecule has 0 unspecified atom stereocenters. The van der Waals surface area contributed by atoms with E-state index in [1.807, 2.05) is 38.1 Å². The van der Waals surface area contributed by atoms with Crippen LogP contribution in [0.2, 0.25) is 0 Å². The molecule has 0 bridgehead atoms. The van der Waals surface area contributed by atoms with Crippen LogP contribution in [0.5, 0.6) is 5.75 Å². The summed E-state index contributed by atoms with van der Waals surface area (Å²) in [6.07, 6.45) is 6.74. The van der Waals surface area contributed by atoms with Crippen molar-refractivity contribution in [2.45, 2.75) is 58.5 Å². The fourth-order valence-corrected chi connectivity index (χ4v) is 2.93. The van der Waals surface area contributed by atoms with E-state index in [4.69, 9.17) is 4.74 Å². The van der Waals surface area contributed by atoms with Gasteiger partial charge in [-0.1, -0.05) is 38.3 Å². The normalized spacial score (nSPS) is 17.2. The van der Waals surface area contributed by atoms with Crippen molar-refractivity contribution in [1.29, 1.82) is 0 Å². The van der Waals surface area contributed by atoms with E-state index in [1.54, 1.807) is 0 Å². The molecule has 1 aromatic rings. The van der Waals surface area contributed by atoms with E-state index in [0.29, 0.717) is 12.3 Å². The molecule has 1 aliphatic carbocycles. The Labute approximate surface area is 128 Å². The Morgan fingerprint density at radius 3 is 2.76 bits per heavy atom. The van der Waals surface area contributed by atoms with Gasteiger partial charge in [-0.2, -0.15) is 0 Å². The summed E-state index contributed by atoms with van der Waals surface area (Å²) in [5, 5.41) is 3.07. The van der Waals surface area contributed by atoms with E-state index in [1.165, 1.54) is 32.1 Å². The number of hydrogen-bond acceptors (Lipinski definition) is 2. The lowest BCUT2D eigenvalue weighted by Gasteiger charge is -2.23. The number of carbonyl (C=O) groups excluding carboxylic acids is 1. The van der Waals surface area contributed by atoms with Crippen LogP contribution < -0.4 is 10.1 Å². The van der Waals surface area contributed by atoms with Crippen molar-refractivity contribution in [2.75, 3.05) is 6.54 Å². The van der Waals surface area contributed by atoms with Crippen molar-refractivity contribution in [1.82, 2.24) is 5.32 Å². The number of nitrogens with one attached hydrogen (secondary N) is 1. The third kappa shape index (κ3) is 5.07. The van der Waals surface area contributed by atoms with Gasteiger partial charge >= 0.3 is 0 Å². The first-order valence-corrected chi connectivity index (χ1v) is 8.20. The van der Waals surface area contributed by atoms with Crippen LogP contribution in [0.25, 0.3) is 0 Å². The summed E-state index contributed by atoms with van der Waals surface area (Å²) < 4.78 is 5.83. The molecule has 0 aliphatic heterocycles. The number of rotatable bonds is 6. The Balaban J connectivity index is 1.83. The highest BCUT2D eigenvalue weighted by Gasteiger charge is 2.20. The summed E-state index contributed by atoms with van der Waals surface area (Å²) >= 11 is 0. The Morgan fingerprint density at radius 2 is 2.10 bits per heavy atom. The highest BCUT2D eigenvalue weighted by molar-refractivity contribution is 5.81. The predicted octanol–water partition coefficient (Wildman–Crippen LogP) is 3.85. The van der Waals surface area contributed by atoms with Gasteiger partial charge in [0.15, 0.2) is 6.10 Å². The Kier molecular flexibility index (Phi) is 6.09. The van der Waals surface area contributed by atoms with Crippen molar-refractivity contribution < 1.29 is 9.53 Å². The second kappa shape index (κ2) is 8.06. The van der Waals surface area contributed by atoms with Crippen molar-refractivity contribution >= 4 is 5.91 Å². The molecule has 0 radical (unpaired) electrons. The lowest BCUT2D eigenvalue weighted by molar-refractivity contribution is -0.128. The predicted molar refractivity (Wildman–Crippen MR) is 85.5 cm³/mol. The van der Waals surface area contributed by atoms with Crippen LogP contribution in [0, 0.1) is 12.8 Å². The molecule has 2 rings (SSSR count). The topological polar surface area (TPSA) is 38.3 Å². The number of carbonyl (C=O) groups is 1. The minimum absolute atomic E-state index is 0.0181. The van der Waals surface area contributed by atoms with Crippen LogP contribution in [0.1, 0.15) is 51.0 Å². The van der Waals surface area contributed by atoms with Gasteiger partial charge < -0.3 is 10.1 Å². The monoisotopic (exact) mass is 289 g/mol. The van der Waals surface area contributed by atoms with Gasteiger partial charge in [0.1, 0.15) is 5.75 Å². The molecule has 1 saturated carbocycles. The van der Waals surface area contributed by atoms with E-state index in [9.17, 15) is 4.79 Å². The molecule has 1 aliphatic rings. The molecular formula is C18H27NO2. The Hall–Kier alpha value is -1.51. The van der Waals surface area contributed by atoms with Crippen molar-refractivity contribution in [3.63, 3.8) is 0 Å². The number of ether oxygens (including phenoxy) is 1. The summed E-state index contributed by atoms with van der Waals surface area (Å²) in [5.41, 5.74) is 1.14. The maximum absolute atomic E-state index is 12.3. The van der Waals surface area contributed by atoms with E-state index >= 15 is 0 Å². The summed E-state index contributed by atoms with van der Waals surface area (Å²) in [6, 6.07) is 7.86. The number of benzene rings is 1. The second-order valence-electron chi connectivity index (χ2n) is 6.08. The second-order valence-corrected chi connectivity index (χ2v) is 6.08. The fraction of sp³-hybridized carbons (Fsp3) is 0.611. The van der Waals surface area contributed by atoms with Gasteiger partial charge in [-0.3, -0.25) is 4.79 Å². The molecule has 3 nitrogen and oxygen atoms in total. The third-order valence-corrected chi connectivity index (χ3v) is 4.22. The fourth-order valence-electron chi connectivity index (χ4n) is 2.93. The van der Waals surface area contributed by atoms with Gasteiger partial charge in [0, 0.05) is 6.54 Å². The SMILES string of the molecule is CC[C@@H](Oc1cccc(C)c1)C(=O)NCC1CCCCC1. The first-order valence-electron chi connectivity index (χ1n) is 8.20. The number of amides is 1. The van der Waals surface area contributed by atoms with Gasteiger partial charge in [0.2, 0.25) is 0 Å². The zero-order chi connectivity index (χ0) is 15.1. The average Bonchev–Trinajstić information content (AvgIpc) is 2.51. The molecule has 116 valence electrons. The number of hydrogen-bond donors (Lipinski definition) is 1. The van der Waals surface area contributed by atoms with E-state index in [0.717, 1.165) is 17.9 Å². The summed E-state index contributed by atoms with van der Waals surface area (Å²) in [4.78, 5) is 12.3. The van der Waals surface area contributed by atoms with Crippen molar-refractivity contribution in [3.05, 3.63) is 29.8 Å². The van der Waals surface area contributed by atoms with Gasteiger partial charge in [0.25, 0.3) is 5.91 Å². The zero-order valence-electron chi connectivity index (χ0n) is 13.2. The van der Waals surface area contributed by atoms with E-state index < -0.39 is 6.10 Å². The Morgan fingerprint density at radius 1 is 1.33 bits per heavy atom. The molecule has 1 N–H and O–H groups in total. The molecule has 1 atom stereocenters. The zero-order valence-corrected chi connectivity index (χ0v) is 13.2. The molecule has 1 aromatic carbocycles. The molecule has 0 spiro atoms. The van der Waals surface area contributed by atoms with E-state index in [2.05, 4.69) is 5.32 Å². The molecule has 1 amide bonds. The highest BCUT2D eigenvalue weighted by Crippen LogP contribution is 2.23. The van der Waals surface area contributed by atoms with Gasteiger partial charge in [-0.25, -0.2) is 0 Å². The molecule has 0 heterocycles. The molecule has 0 saturated heterocycles. The molecular weight excluding hydrogens is 262 g/mol. The van der Waals surface area contributed by atoms with Crippen molar-refractivity contribution in [3.8, 4) is 5.75 Å². The van der Waals surface area contributed by atoms with Gasteiger partial charge in [0.05, 0.1) is 0 Å². The lowest BCUT2D eigenvalue weighted by Crippen LogP contribution is -2.40. The van der Waals surface area contributed by atoms with Crippen molar-refractivity contribution in [2.24, 2.45) is 5.92 Å². The van der Waals surface area contributed by atoms with Gasteiger partial charge in [-0.05, 0) is 49.8 Å².